The molecular formula is C18H21F2N7. The van der Waals surface area contributed by atoms with Crippen molar-refractivity contribution in [3.8, 4) is 11.4 Å². The Morgan fingerprint density at radius 1 is 1.30 bits per heavy atom. The summed E-state index contributed by atoms with van der Waals surface area (Å²) in [5.41, 5.74) is 0.993. The third-order valence-corrected chi connectivity index (χ3v) is 5.17. The molecule has 2 saturated heterocycles. The second-order valence-electron chi connectivity index (χ2n) is 7.16. The van der Waals surface area contributed by atoms with Gasteiger partial charge in [0.25, 0.3) is 6.43 Å². The molecule has 2 aliphatic rings. The Kier molecular flexibility index (Phi) is 4.69. The molecule has 142 valence electrons. The summed E-state index contributed by atoms with van der Waals surface area (Å²) >= 11 is 0. The van der Waals surface area contributed by atoms with Crippen molar-refractivity contribution in [2.45, 2.75) is 19.3 Å². The van der Waals surface area contributed by atoms with E-state index >= 15 is 0 Å². The van der Waals surface area contributed by atoms with Gasteiger partial charge < -0.3 is 15.2 Å². The van der Waals surface area contributed by atoms with Crippen molar-refractivity contribution in [2.75, 3.05) is 31.1 Å². The smallest absolute Gasteiger partial charge is 0.279 e. The van der Waals surface area contributed by atoms with Gasteiger partial charge in [-0.1, -0.05) is 0 Å². The Morgan fingerprint density at radius 3 is 2.89 bits per heavy atom. The van der Waals surface area contributed by atoms with E-state index in [-0.39, 0.29) is 0 Å². The van der Waals surface area contributed by atoms with Crippen molar-refractivity contribution in [2.24, 2.45) is 5.41 Å². The van der Waals surface area contributed by atoms with Gasteiger partial charge in [0.1, 0.15) is 18.0 Å². The largest absolute Gasteiger partial charge is 0.356 e. The Morgan fingerprint density at radius 2 is 2.15 bits per heavy atom. The van der Waals surface area contributed by atoms with Crippen molar-refractivity contribution >= 4 is 17.6 Å². The first-order valence-corrected chi connectivity index (χ1v) is 8.92. The third-order valence-electron chi connectivity index (χ3n) is 5.17. The molecule has 0 amide bonds. The second kappa shape index (κ2) is 7.15. The van der Waals surface area contributed by atoms with E-state index in [1.165, 1.54) is 18.8 Å². The quantitative estimate of drug-likeness (QED) is 0.700. The van der Waals surface area contributed by atoms with Crippen LogP contribution in [0, 0.1) is 10.8 Å². The van der Waals surface area contributed by atoms with Gasteiger partial charge in [0.05, 0.1) is 23.3 Å². The molecule has 2 aliphatic heterocycles. The monoisotopic (exact) mass is 373 g/mol. The highest BCUT2D eigenvalue weighted by Gasteiger charge is 2.40. The van der Waals surface area contributed by atoms with Crippen LogP contribution in [-0.2, 0) is 0 Å². The van der Waals surface area contributed by atoms with Gasteiger partial charge in [0.2, 0.25) is 0 Å². The van der Waals surface area contributed by atoms with Gasteiger partial charge >= 0.3 is 0 Å². The van der Waals surface area contributed by atoms with Crippen molar-refractivity contribution < 1.29 is 8.78 Å². The van der Waals surface area contributed by atoms with Crippen molar-refractivity contribution in [3.05, 3.63) is 30.5 Å². The molecule has 2 aromatic heterocycles. The standard InChI is InChI=1S/C18H21F2N7/c19-17(20)12(21)2-3-15-23-7-14(26-15)13-6-16(25-11-24-13)27-5-1-4-18(10-27)8-22-9-18/h2-3,6-7,11,17,21-22H,1,4-5,8-10H2,(H,23,26)/b3-2-,21-12?. The number of halogens is 2. The number of rotatable bonds is 5. The van der Waals surface area contributed by atoms with Crippen LogP contribution in [0.1, 0.15) is 18.7 Å². The zero-order valence-electron chi connectivity index (χ0n) is 14.8. The highest BCUT2D eigenvalue weighted by atomic mass is 19.3. The average Bonchev–Trinajstić information content (AvgIpc) is 3.14. The van der Waals surface area contributed by atoms with Crippen LogP contribution < -0.4 is 10.2 Å². The lowest BCUT2D eigenvalue weighted by Crippen LogP contribution is -2.61. The number of hydrogen-bond acceptors (Lipinski definition) is 6. The first-order chi connectivity index (χ1) is 13.0. The van der Waals surface area contributed by atoms with Crippen LogP contribution in [0.15, 0.2) is 24.7 Å². The lowest BCUT2D eigenvalue weighted by Gasteiger charge is -2.49. The summed E-state index contributed by atoms with van der Waals surface area (Å²) in [5, 5.41) is 10.5. The molecule has 0 bridgehead atoms. The number of H-pyrrole nitrogens is 1. The topological polar surface area (TPSA) is 93.6 Å². The minimum atomic E-state index is -2.79. The fourth-order valence-electron chi connectivity index (χ4n) is 3.63. The van der Waals surface area contributed by atoms with Crippen LogP contribution in [0.25, 0.3) is 17.5 Å². The fraction of sp³-hybridized carbons (Fsp3) is 0.444. The van der Waals surface area contributed by atoms with Crippen molar-refractivity contribution in [1.82, 2.24) is 25.3 Å². The molecule has 2 aromatic rings. The molecule has 2 fully saturated rings. The average molecular weight is 373 g/mol. The fourth-order valence-corrected chi connectivity index (χ4v) is 3.63. The molecule has 0 aromatic carbocycles. The van der Waals surface area contributed by atoms with E-state index in [1.54, 1.807) is 6.20 Å². The number of hydrogen-bond donors (Lipinski definition) is 3. The van der Waals surface area contributed by atoms with Crippen LogP contribution in [0.5, 0.6) is 0 Å². The molecule has 9 heteroatoms. The number of nitrogens with zero attached hydrogens (tertiary/aromatic N) is 4. The number of aromatic amines is 1. The minimum absolute atomic E-state index is 0.366. The summed E-state index contributed by atoms with van der Waals surface area (Å²) in [6.45, 7) is 4.09. The molecular weight excluding hydrogens is 352 g/mol. The Balaban J connectivity index is 1.50. The van der Waals surface area contributed by atoms with Gasteiger partial charge in [-0.2, -0.15) is 0 Å². The summed E-state index contributed by atoms with van der Waals surface area (Å²) < 4.78 is 24.7. The first kappa shape index (κ1) is 17.7. The summed E-state index contributed by atoms with van der Waals surface area (Å²) in [4.78, 5) is 18.2. The molecule has 0 saturated carbocycles. The number of alkyl halides is 2. The molecule has 0 aliphatic carbocycles. The van der Waals surface area contributed by atoms with Gasteiger partial charge in [-0.3, -0.25) is 5.41 Å². The summed E-state index contributed by atoms with van der Waals surface area (Å²) in [6, 6.07) is 1.92. The lowest BCUT2D eigenvalue weighted by atomic mass is 9.75. The van der Waals surface area contributed by atoms with Crippen LogP contribution >= 0.6 is 0 Å². The Bertz CT molecular complexity index is 857. The lowest BCUT2D eigenvalue weighted by molar-refractivity contribution is 0.138. The van der Waals surface area contributed by atoms with E-state index in [2.05, 4.69) is 30.2 Å². The second-order valence-corrected chi connectivity index (χ2v) is 7.16. The molecule has 0 radical (unpaired) electrons. The number of imidazole rings is 1. The molecule has 4 heterocycles. The number of piperidine rings is 1. The van der Waals surface area contributed by atoms with Crippen LogP contribution in [0.4, 0.5) is 14.6 Å². The van der Waals surface area contributed by atoms with Gasteiger partial charge in [0, 0.05) is 37.7 Å². The van der Waals surface area contributed by atoms with Gasteiger partial charge in [-0.15, -0.1) is 0 Å². The minimum Gasteiger partial charge on any atom is -0.356 e. The molecule has 0 atom stereocenters. The maximum absolute atomic E-state index is 12.4. The Hall–Kier alpha value is -2.68. The third kappa shape index (κ3) is 3.73. The predicted octanol–water partition coefficient (Wildman–Crippen LogP) is 2.35. The van der Waals surface area contributed by atoms with E-state index in [0.29, 0.717) is 22.6 Å². The number of aromatic nitrogens is 4. The van der Waals surface area contributed by atoms with Crippen LogP contribution in [0.2, 0.25) is 0 Å². The SMILES string of the molecule is N=C(/C=C\c1ncc(-c2cc(N3CCCC4(CNC4)C3)ncn2)[nH]1)C(F)F. The van der Waals surface area contributed by atoms with Crippen molar-refractivity contribution in [3.63, 3.8) is 0 Å². The predicted molar refractivity (Wildman–Crippen MR) is 99.1 cm³/mol. The van der Waals surface area contributed by atoms with Crippen LogP contribution in [-0.4, -0.2) is 58.3 Å². The normalized spacial score (nSPS) is 19.0. The highest BCUT2D eigenvalue weighted by Crippen LogP contribution is 2.35. The molecule has 7 nitrogen and oxygen atoms in total. The van der Waals surface area contributed by atoms with Crippen LogP contribution in [0.3, 0.4) is 0 Å². The van der Waals surface area contributed by atoms with E-state index < -0.39 is 12.1 Å². The molecule has 1 spiro atoms. The van der Waals surface area contributed by atoms with E-state index in [1.807, 2.05) is 6.07 Å². The van der Waals surface area contributed by atoms with Crippen molar-refractivity contribution in [1.29, 1.82) is 5.41 Å². The van der Waals surface area contributed by atoms with Gasteiger partial charge in [-0.05, 0) is 25.0 Å². The highest BCUT2D eigenvalue weighted by molar-refractivity contribution is 5.97. The summed E-state index contributed by atoms with van der Waals surface area (Å²) in [5.74, 6) is 1.28. The van der Waals surface area contributed by atoms with E-state index in [0.717, 1.165) is 44.5 Å². The zero-order valence-corrected chi connectivity index (χ0v) is 14.8. The van der Waals surface area contributed by atoms with E-state index in [9.17, 15) is 8.78 Å². The van der Waals surface area contributed by atoms with E-state index in [4.69, 9.17) is 5.41 Å². The van der Waals surface area contributed by atoms with Gasteiger partial charge in [0.15, 0.2) is 0 Å². The molecule has 3 N–H and O–H groups in total. The maximum atomic E-state index is 12.4. The maximum Gasteiger partial charge on any atom is 0.279 e. The number of anilines is 1. The molecule has 4 rings (SSSR count). The molecule has 0 unspecified atom stereocenters. The Labute approximate surface area is 155 Å². The summed E-state index contributed by atoms with van der Waals surface area (Å²) in [6.07, 6.45) is 5.14. The molecule has 27 heavy (non-hydrogen) atoms. The first-order valence-electron chi connectivity index (χ1n) is 8.92. The van der Waals surface area contributed by atoms with Gasteiger partial charge in [-0.25, -0.2) is 23.7 Å². The summed E-state index contributed by atoms with van der Waals surface area (Å²) in [7, 11) is 0. The number of nitrogens with one attached hydrogen (secondary N) is 3. The zero-order chi connectivity index (χ0) is 18.9. The number of allylic oxidation sites excluding steroid dienone is 1.